The molecule has 3 heteroatoms. The molecular weight excluding hydrogens is 140 g/mol. The van der Waals surface area contributed by atoms with Gasteiger partial charge in [0.2, 0.25) is 0 Å². The van der Waals surface area contributed by atoms with Gasteiger partial charge in [-0.25, -0.2) is 0 Å². The van der Waals surface area contributed by atoms with Gasteiger partial charge >= 0.3 is 0 Å². The number of carbonyl (C=O) groups is 1. The minimum Gasteiger partial charge on any atom is -0.706 e. The Morgan fingerprint density at radius 1 is 1.36 bits per heavy atom. The van der Waals surface area contributed by atoms with E-state index in [0.717, 1.165) is 0 Å². The molecule has 0 N–H and O–H groups in total. The minimum atomic E-state index is 0.00879. The second-order valence-electron chi connectivity index (χ2n) is 2.20. The summed E-state index contributed by atoms with van der Waals surface area (Å²) < 4.78 is 0. The molecule has 0 fully saturated rings. The second-order valence-corrected chi connectivity index (χ2v) is 2.20. The number of carbonyl (C=O) groups excluding carboxylic acids is 1. The molecule has 0 atom stereocenters. The molecule has 0 bridgehead atoms. The van der Waals surface area contributed by atoms with Crippen molar-refractivity contribution in [2.24, 2.45) is 5.11 Å². The van der Waals surface area contributed by atoms with Gasteiger partial charge < -0.3 is 10.6 Å². The summed E-state index contributed by atoms with van der Waals surface area (Å²) in [6, 6.07) is 6.40. The van der Waals surface area contributed by atoms with Crippen LogP contribution < -0.4 is 0 Å². The lowest BCUT2D eigenvalue weighted by atomic mass is 10.1. The van der Waals surface area contributed by atoms with Crippen molar-refractivity contribution in [1.29, 1.82) is 0 Å². The van der Waals surface area contributed by atoms with Crippen LogP contribution in [0.2, 0.25) is 0 Å². The number of hydrogen-bond acceptors (Lipinski definition) is 2. The first-order chi connectivity index (χ1) is 5.24. The molecule has 0 aliphatic rings. The Morgan fingerprint density at radius 3 is 2.27 bits per heavy atom. The summed E-state index contributed by atoms with van der Waals surface area (Å²) in [7, 11) is 0. The van der Waals surface area contributed by atoms with Gasteiger partial charge in [-0.1, -0.05) is 0 Å². The molecule has 0 radical (unpaired) electrons. The maximum Gasteiger partial charge on any atom is 0.159 e. The summed E-state index contributed by atoms with van der Waals surface area (Å²) in [6.45, 7) is 1.49. The molecule has 1 aromatic carbocycles. The van der Waals surface area contributed by atoms with E-state index in [1.165, 1.54) is 6.92 Å². The first-order valence-electron chi connectivity index (χ1n) is 3.20. The maximum absolute atomic E-state index is 10.8. The van der Waals surface area contributed by atoms with Gasteiger partial charge in [0.25, 0.3) is 0 Å². The van der Waals surface area contributed by atoms with E-state index in [-0.39, 0.29) is 5.78 Å². The highest BCUT2D eigenvalue weighted by Crippen LogP contribution is 2.12. The Bertz CT molecular complexity index is 277. The Kier molecular flexibility index (Phi) is 2.11. The Labute approximate surface area is 64.6 Å². The van der Waals surface area contributed by atoms with Crippen LogP contribution in [0.25, 0.3) is 5.53 Å². The molecule has 0 aromatic heterocycles. The third-order valence-corrected chi connectivity index (χ3v) is 1.39. The molecule has 11 heavy (non-hydrogen) atoms. The van der Waals surface area contributed by atoms with Gasteiger partial charge in [-0.2, -0.15) is 0 Å². The SMILES string of the molecule is CC(=O)c1ccc(N=[N-])cc1. The van der Waals surface area contributed by atoms with Crippen molar-refractivity contribution in [2.75, 3.05) is 0 Å². The van der Waals surface area contributed by atoms with E-state index in [2.05, 4.69) is 5.11 Å². The average Bonchev–Trinajstić information content (AvgIpc) is 2.05. The smallest absolute Gasteiger partial charge is 0.159 e. The minimum absolute atomic E-state index is 0.00879. The van der Waals surface area contributed by atoms with Gasteiger partial charge in [-0.05, 0) is 31.2 Å². The highest BCUT2D eigenvalue weighted by Gasteiger charge is 1.95. The first-order valence-corrected chi connectivity index (χ1v) is 3.20. The molecule has 1 rings (SSSR count). The Balaban J connectivity index is 3.00. The van der Waals surface area contributed by atoms with Gasteiger partial charge in [0.1, 0.15) is 0 Å². The van der Waals surface area contributed by atoms with Crippen LogP contribution in [-0.2, 0) is 0 Å². The highest BCUT2D eigenvalue weighted by atomic mass is 16.1. The Morgan fingerprint density at radius 2 is 1.91 bits per heavy atom. The lowest BCUT2D eigenvalue weighted by Gasteiger charge is -1.97. The molecule has 0 saturated carbocycles. The molecule has 0 unspecified atom stereocenters. The molecule has 0 aliphatic carbocycles. The summed E-state index contributed by atoms with van der Waals surface area (Å²) >= 11 is 0. The predicted octanol–water partition coefficient (Wildman–Crippen LogP) is 2.54. The predicted molar refractivity (Wildman–Crippen MR) is 41.9 cm³/mol. The zero-order chi connectivity index (χ0) is 8.27. The number of rotatable bonds is 2. The monoisotopic (exact) mass is 147 g/mol. The molecule has 0 saturated heterocycles. The Hall–Kier alpha value is -1.51. The molecule has 0 heterocycles. The normalized spacial score (nSPS) is 9.18. The molecule has 0 amide bonds. The van der Waals surface area contributed by atoms with E-state index in [0.29, 0.717) is 11.3 Å². The lowest BCUT2D eigenvalue weighted by Crippen LogP contribution is -1.89. The zero-order valence-electron chi connectivity index (χ0n) is 6.11. The first kappa shape index (κ1) is 7.60. The summed E-state index contributed by atoms with van der Waals surface area (Å²) in [5.74, 6) is 0.00879. The van der Waals surface area contributed by atoms with E-state index in [9.17, 15) is 4.79 Å². The van der Waals surface area contributed by atoms with E-state index >= 15 is 0 Å². The van der Waals surface area contributed by atoms with Crippen LogP contribution >= 0.6 is 0 Å². The topological polar surface area (TPSA) is 51.7 Å². The van der Waals surface area contributed by atoms with Crippen LogP contribution in [0.4, 0.5) is 5.69 Å². The van der Waals surface area contributed by atoms with Crippen molar-refractivity contribution >= 4 is 11.5 Å². The van der Waals surface area contributed by atoms with Gasteiger partial charge in [-0.15, -0.1) is 0 Å². The van der Waals surface area contributed by atoms with E-state index < -0.39 is 0 Å². The number of benzene rings is 1. The fourth-order valence-corrected chi connectivity index (χ4v) is 0.763. The van der Waals surface area contributed by atoms with Crippen molar-refractivity contribution in [3.05, 3.63) is 35.4 Å². The van der Waals surface area contributed by atoms with Crippen molar-refractivity contribution in [1.82, 2.24) is 0 Å². The van der Waals surface area contributed by atoms with Gasteiger partial charge in [0.05, 0.1) is 0 Å². The van der Waals surface area contributed by atoms with Crippen molar-refractivity contribution in [2.45, 2.75) is 6.92 Å². The van der Waals surface area contributed by atoms with Gasteiger partial charge in [0.15, 0.2) is 5.78 Å². The van der Waals surface area contributed by atoms with Gasteiger partial charge in [0, 0.05) is 11.3 Å². The number of hydrogen-bond donors (Lipinski definition) is 0. The van der Waals surface area contributed by atoms with Crippen molar-refractivity contribution < 1.29 is 4.79 Å². The molecule has 0 aliphatic heterocycles. The van der Waals surface area contributed by atoms with Crippen molar-refractivity contribution in [3.8, 4) is 0 Å². The van der Waals surface area contributed by atoms with Crippen molar-refractivity contribution in [3.63, 3.8) is 0 Å². The fourth-order valence-electron chi connectivity index (χ4n) is 0.763. The lowest BCUT2D eigenvalue weighted by molar-refractivity contribution is 0.101. The molecule has 0 spiro atoms. The molecule has 3 nitrogen and oxygen atoms in total. The number of ketones is 1. The van der Waals surface area contributed by atoms with E-state index in [4.69, 9.17) is 5.53 Å². The van der Waals surface area contributed by atoms with Crippen LogP contribution in [0.15, 0.2) is 29.4 Å². The van der Waals surface area contributed by atoms with Crippen LogP contribution in [-0.4, -0.2) is 5.78 Å². The zero-order valence-corrected chi connectivity index (χ0v) is 6.11. The van der Waals surface area contributed by atoms with Crippen LogP contribution in [0.3, 0.4) is 0 Å². The van der Waals surface area contributed by atoms with Gasteiger partial charge in [-0.3, -0.25) is 4.79 Å². The number of nitrogens with zero attached hydrogens (tertiary/aromatic N) is 2. The second kappa shape index (κ2) is 3.05. The van der Waals surface area contributed by atoms with Crippen LogP contribution in [0, 0.1) is 0 Å². The highest BCUT2D eigenvalue weighted by molar-refractivity contribution is 5.94. The molecular formula is C8H7N2O-. The largest absolute Gasteiger partial charge is 0.706 e. The maximum atomic E-state index is 10.8. The van der Waals surface area contributed by atoms with E-state index in [1.807, 2.05) is 0 Å². The third-order valence-electron chi connectivity index (χ3n) is 1.39. The average molecular weight is 147 g/mol. The summed E-state index contributed by atoms with van der Waals surface area (Å²) in [5, 5.41) is 2.96. The fraction of sp³-hybridized carbons (Fsp3) is 0.125. The van der Waals surface area contributed by atoms with E-state index in [1.54, 1.807) is 24.3 Å². The number of Topliss-reactive ketones (excluding diaryl/α,β-unsaturated/α-hetero) is 1. The quantitative estimate of drug-likeness (QED) is 0.468. The van der Waals surface area contributed by atoms with Crippen LogP contribution in [0.5, 0.6) is 0 Å². The molecule has 56 valence electrons. The summed E-state index contributed by atoms with van der Waals surface area (Å²) in [6.07, 6.45) is 0. The standard InChI is InChI=1S/C8H7N2O/c1-6(11)7-2-4-8(10-9)5-3-7/h2-5H,1H3/q-1. The summed E-state index contributed by atoms with van der Waals surface area (Å²) in [4.78, 5) is 10.8. The third kappa shape index (κ3) is 1.70. The molecule has 1 aromatic rings. The van der Waals surface area contributed by atoms with Crippen LogP contribution in [0.1, 0.15) is 17.3 Å². The summed E-state index contributed by atoms with van der Waals surface area (Å²) in [5.41, 5.74) is 9.38.